The number of amides is 2. The molecule has 170 valence electrons. The van der Waals surface area contributed by atoms with Crippen LogP contribution in [0.4, 0.5) is 10.7 Å². The monoisotopic (exact) mass is 481 g/mol. The van der Waals surface area contributed by atoms with E-state index in [1.165, 1.54) is 0 Å². The third kappa shape index (κ3) is 5.35. The molecule has 0 atom stereocenters. The van der Waals surface area contributed by atoms with Crippen LogP contribution < -0.4 is 15.5 Å². The van der Waals surface area contributed by atoms with Gasteiger partial charge in [-0.25, -0.2) is 9.97 Å². The van der Waals surface area contributed by atoms with Crippen molar-refractivity contribution in [2.45, 2.75) is 19.4 Å². The van der Waals surface area contributed by atoms with Gasteiger partial charge in [-0.15, -0.1) is 0 Å². The first-order chi connectivity index (χ1) is 16.1. The molecule has 8 nitrogen and oxygen atoms in total. The summed E-state index contributed by atoms with van der Waals surface area (Å²) in [5.74, 6) is 2.72. The standard InChI is InChI=1S/C23H23N5O3S2/c29-21-20(33-23(30)27-21)11-17-3-7-25-22(26-17)28-8-4-15(5-9-28)12-24-13-18-1-2-19(31-18)16-6-10-32-14-16/h1-3,6-7,10-11,14-15,24H,4-5,8-9,12-13H2,(H,27,29,30)/b20-11-. The summed E-state index contributed by atoms with van der Waals surface area (Å²) < 4.78 is 5.93. The highest BCUT2D eigenvalue weighted by Crippen LogP contribution is 2.27. The summed E-state index contributed by atoms with van der Waals surface area (Å²) in [6.07, 6.45) is 5.42. The van der Waals surface area contributed by atoms with Crippen molar-refractivity contribution >= 4 is 46.3 Å². The summed E-state index contributed by atoms with van der Waals surface area (Å²) in [7, 11) is 0. The lowest BCUT2D eigenvalue weighted by Gasteiger charge is -2.32. The first kappa shape index (κ1) is 21.9. The number of furan rings is 1. The topological polar surface area (TPSA) is 100 Å². The molecule has 2 aliphatic heterocycles. The number of carbonyl (C=O) groups is 2. The molecule has 2 aliphatic rings. The maximum atomic E-state index is 11.8. The highest BCUT2D eigenvalue weighted by Gasteiger charge is 2.25. The van der Waals surface area contributed by atoms with Crippen molar-refractivity contribution < 1.29 is 14.0 Å². The number of nitrogens with one attached hydrogen (secondary N) is 2. The minimum atomic E-state index is -0.379. The molecular formula is C23H23N5O3S2. The Bertz CT molecular complexity index is 1170. The summed E-state index contributed by atoms with van der Waals surface area (Å²) in [6.45, 7) is 3.42. The van der Waals surface area contributed by atoms with E-state index >= 15 is 0 Å². The van der Waals surface area contributed by atoms with Gasteiger partial charge >= 0.3 is 0 Å². The maximum Gasteiger partial charge on any atom is 0.290 e. The Labute approximate surface area is 199 Å². The lowest BCUT2D eigenvalue weighted by Crippen LogP contribution is -2.38. The minimum absolute atomic E-state index is 0.355. The van der Waals surface area contributed by atoms with Crippen molar-refractivity contribution in [1.29, 1.82) is 0 Å². The fraction of sp³-hybridized carbons (Fsp3) is 0.304. The van der Waals surface area contributed by atoms with Gasteiger partial charge in [0.15, 0.2) is 0 Å². The summed E-state index contributed by atoms with van der Waals surface area (Å²) in [6, 6.07) is 7.86. The number of piperidine rings is 1. The molecule has 2 N–H and O–H groups in total. The Morgan fingerprint density at radius 3 is 2.85 bits per heavy atom. The van der Waals surface area contributed by atoms with Crippen LogP contribution in [0.1, 0.15) is 24.3 Å². The van der Waals surface area contributed by atoms with Gasteiger partial charge < -0.3 is 14.6 Å². The quantitative estimate of drug-likeness (QED) is 0.486. The average Bonchev–Trinajstić information content (AvgIpc) is 3.57. The van der Waals surface area contributed by atoms with Gasteiger partial charge in [0, 0.05) is 30.2 Å². The van der Waals surface area contributed by atoms with Crippen LogP contribution in [0.25, 0.3) is 17.4 Å². The molecule has 2 saturated heterocycles. The Hall–Kier alpha value is -2.95. The summed E-state index contributed by atoms with van der Waals surface area (Å²) in [5, 5.41) is 9.57. The van der Waals surface area contributed by atoms with Gasteiger partial charge in [-0.1, -0.05) is 0 Å². The zero-order chi connectivity index (χ0) is 22.6. The molecule has 5 rings (SSSR count). The molecule has 3 aromatic heterocycles. The number of aromatic nitrogens is 2. The number of thiophene rings is 1. The van der Waals surface area contributed by atoms with Crippen LogP contribution in [0.15, 0.2) is 50.5 Å². The predicted molar refractivity (Wildman–Crippen MR) is 130 cm³/mol. The first-order valence-electron chi connectivity index (χ1n) is 10.8. The zero-order valence-electron chi connectivity index (χ0n) is 17.8. The third-order valence-corrected chi connectivity index (χ3v) is 7.18. The van der Waals surface area contributed by atoms with Gasteiger partial charge in [0.25, 0.3) is 11.1 Å². The second kappa shape index (κ2) is 9.90. The van der Waals surface area contributed by atoms with E-state index in [4.69, 9.17) is 4.42 Å². The number of anilines is 1. The maximum absolute atomic E-state index is 11.8. The largest absolute Gasteiger partial charge is 0.460 e. The molecular weight excluding hydrogens is 458 g/mol. The van der Waals surface area contributed by atoms with E-state index in [-0.39, 0.29) is 11.1 Å². The Morgan fingerprint density at radius 2 is 2.09 bits per heavy atom. The fourth-order valence-electron chi connectivity index (χ4n) is 3.92. The third-order valence-electron chi connectivity index (χ3n) is 5.68. The van der Waals surface area contributed by atoms with Crippen LogP contribution >= 0.6 is 23.1 Å². The predicted octanol–water partition coefficient (Wildman–Crippen LogP) is 4.13. The molecule has 33 heavy (non-hydrogen) atoms. The van der Waals surface area contributed by atoms with Crippen molar-refractivity contribution in [3.63, 3.8) is 0 Å². The molecule has 0 unspecified atom stereocenters. The molecule has 0 spiro atoms. The SMILES string of the molecule is O=C1NC(=O)/C(=C/c2ccnc(N3CCC(CNCc4ccc(-c5ccsc5)o4)CC3)n2)S1. The van der Waals surface area contributed by atoms with E-state index < -0.39 is 0 Å². The Kier molecular flexibility index (Phi) is 6.56. The second-order valence-electron chi connectivity index (χ2n) is 7.97. The number of carbonyl (C=O) groups excluding carboxylic acids is 2. The number of nitrogens with zero attached hydrogens (tertiary/aromatic N) is 3. The van der Waals surface area contributed by atoms with Crippen molar-refractivity contribution in [1.82, 2.24) is 20.6 Å². The summed E-state index contributed by atoms with van der Waals surface area (Å²) in [5.41, 5.74) is 1.75. The van der Waals surface area contributed by atoms with E-state index in [2.05, 4.69) is 42.3 Å². The van der Waals surface area contributed by atoms with Crippen LogP contribution in [0.3, 0.4) is 0 Å². The van der Waals surface area contributed by atoms with Crippen LogP contribution in [0.5, 0.6) is 0 Å². The van der Waals surface area contributed by atoms with E-state index in [1.807, 2.05) is 12.1 Å². The minimum Gasteiger partial charge on any atom is -0.460 e. The number of rotatable bonds is 7. The molecule has 0 aliphatic carbocycles. The molecule has 2 fully saturated rings. The van der Waals surface area contributed by atoms with Crippen LogP contribution in [-0.4, -0.2) is 40.7 Å². The Morgan fingerprint density at radius 1 is 1.21 bits per heavy atom. The molecule has 0 saturated carbocycles. The van der Waals surface area contributed by atoms with E-state index in [1.54, 1.807) is 29.7 Å². The van der Waals surface area contributed by atoms with Crippen molar-refractivity contribution in [3.05, 3.63) is 57.6 Å². The molecule has 10 heteroatoms. The first-order valence-corrected chi connectivity index (χ1v) is 12.5. The van der Waals surface area contributed by atoms with Crippen molar-refractivity contribution in [2.75, 3.05) is 24.5 Å². The van der Waals surface area contributed by atoms with E-state index in [9.17, 15) is 9.59 Å². The van der Waals surface area contributed by atoms with Crippen LogP contribution in [-0.2, 0) is 11.3 Å². The highest BCUT2D eigenvalue weighted by atomic mass is 32.2. The summed E-state index contributed by atoms with van der Waals surface area (Å²) in [4.78, 5) is 34.6. The number of hydrogen-bond donors (Lipinski definition) is 2. The smallest absolute Gasteiger partial charge is 0.290 e. The summed E-state index contributed by atoms with van der Waals surface area (Å²) >= 11 is 2.56. The number of hydrogen-bond acceptors (Lipinski definition) is 9. The molecule has 0 aromatic carbocycles. The zero-order valence-corrected chi connectivity index (χ0v) is 19.5. The van der Waals surface area contributed by atoms with Crippen LogP contribution in [0, 0.1) is 5.92 Å². The lowest BCUT2D eigenvalue weighted by molar-refractivity contribution is -0.115. The normalized spacial score (nSPS) is 18.3. The molecule has 0 radical (unpaired) electrons. The fourth-order valence-corrected chi connectivity index (χ4v) is 5.23. The van der Waals surface area contributed by atoms with Gasteiger partial charge in [0.05, 0.1) is 17.1 Å². The Balaban J connectivity index is 1.10. The van der Waals surface area contributed by atoms with Crippen LogP contribution in [0.2, 0.25) is 0 Å². The van der Waals surface area contributed by atoms with Gasteiger partial charge in [-0.2, -0.15) is 11.3 Å². The van der Waals surface area contributed by atoms with Gasteiger partial charge in [0.1, 0.15) is 11.5 Å². The highest BCUT2D eigenvalue weighted by molar-refractivity contribution is 8.18. The average molecular weight is 482 g/mol. The van der Waals surface area contributed by atoms with Gasteiger partial charge in [-0.05, 0) is 72.8 Å². The molecule has 5 heterocycles. The lowest BCUT2D eigenvalue weighted by atomic mass is 9.97. The van der Waals surface area contributed by atoms with E-state index in [0.29, 0.717) is 22.5 Å². The number of thioether (sulfide) groups is 1. The molecule has 3 aromatic rings. The van der Waals surface area contributed by atoms with Crippen molar-refractivity contribution in [2.24, 2.45) is 5.92 Å². The van der Waals surface area contributed by atoms with Crippen molar-refractivity contribution in [3.8, 4) is 11.3 Å². The molecule has 2 amide bonds. The van der Waals surface area contributed by atoms with Gasteiger partial charge in [0.2, 0.25) is 5.95 Å². The second-order valence-corrected chi connectivity index (χ2v) is 9.77. The van der Waals surface area contributed by atoms with E-state index in [0.717, 1.165) is 67.9 Å². The molecule has 0 bridgehead atoms. The number of imide groups is 1. The van der Waals surface area contributed by atoms with Gasteiger partial charge in [-0.3, -0.25) is 14.9 Å².